The van der Waals surface area contributed by atoms with Crippen molar-refractivity contribution in [1.82, 2.24) is 25.3 Å². The first-order valence-corrected chi connectivity index (χ1v) is 10.3. The fraction of sp³-hybridized carbons (Fsp3) is 0.571. The fourth-order valence-corrected chi connectivity index (χ4v) is 4.11. The van der Waals surface area contributed by atoms with Gasteiger partial charge in [0.05, 0.1) is 13.7 Å². The lowest BCUT2D eigenvalue weighted by molar-refractivity contribution is -0.138. The molecule has 0 aliphatic carbocycles. The van der Waals surface area contributed by atoms with Gasteiger partial charge in [0.25, 0.3) is 0 Å². The van der Waals surface area contributed by atoms with Gasteiger partial charge in [0, 0.05) is 43.7 Å². The number of methoxy groups -OCH3 is 1. The molecule has 164 valence electrons. The zero-order valence-corrected chi connectivity index (χ0v) is 18.4. The first kappa shape index (κ1) is 22.5. The number of rotatable bonds is 5. The van der Waals surface area contributed by atoms with Crippen LogP contribution in [0.25, 0.3) is 11.4 Å². The molecule has 0 radical (unpaired) electrons. The molecule has 1 aromatic carbocycles. The largest absolute Gasteiger partial charge is 0.497 e. The third kappa shape index (κ3) is 5.30. The van der Waals surface area contributed by atoms with Crippen LogP contribution in [-0.4, -0.2) is 71.7 Å². The minimum Gasteiger partial charge on any atom is -0.497 e. The maximum absolute atomic E-state index is 12.8. The number of nitrogens with one attached hydrogen (secondary N) is 1. The molecule has 0 unspecified atom stereocenters. The third-order valence-corrected chi connectivity index (χ3v) is 5.83. The van der Waals surface area contributed by atoms with Crippen molar-refractivity contribution in [1.29, 1.82) is 0 Å². The number of amides is 1. The molecule has 1 N–H and O–H groups in total. The summed E-state index contributed by atoms with van der Waals surface area (Å²) in [6, 6.07) is 8.02. The molecule has 2 fully saturated rings. The Hall–Kier alpha value is -2.16. The van der Waals surface area contributed by atoms with Gasteiger partial charge in [0.15, 0.2) is 0 Å². The summed E-state index contributed by atoms with van der Waals surface area (Å²) in [6.07, 6.45) is 1.88. The number of nitrogens with zero attached hydrogens (tertiary/aromatic N) is 4. The van der Waals surface area contributed by atoms with E-state index < -0.39 is 0 Å². The first-order chi connectivity index (χ1) is 14.1. The average Bonchev–Trinajstić information content (AvgIpc) is 3.22. The predicted molar refractivity (Wildman–Crippen MR) is 116 cm³/mol. The molecule has 0 saturated carbocycles. The van der Waals surface area contributed by atoms with Crippen LogP contribution in [0.2, 0.25) is 0 Å². The molecule has 2 aliphatic rings. The van der Waals surface area contributed by atoms with Crippen LogP contribution in [0.15, 0.2) is 28.8 Å². The molecule has 2 saturated heterocycles. The number of aromatic nitrogens is 2. The van der Waals surface area contributed by atoms with Gasteiger partial charge in [-0.25, -0.2) is 0 Å². The fourth-order valence-electron chi connectivity index (χ4n) is 4.11. The van der Waals surface area contributed by atoms with Crippen molar-refractivity contribution in [3.05, 3.63) is 30.2 Å². The Bertz CT molecular complexity index is 820. The van der Waals surface area contributed by atoms with Crippen LogP contribution in [0.5, 0.6) is 5.75 Å². The van der Waals surface area contributed by atoms with Crippen LogP contribution < -0.4 is 10.1 Å². The highest BCUT2D eigenvalue weighted by Crippen LogP contribution is 2.22. The molecule has 4 rings (SSSR count). The first-order valence-electron chi connectivity index (χ1n) is 10.3. The lowest BCUT2D eigenvalue weighted by Crippen LogP contribution is -2.51. The van der Waals surface area contributed by atoms with Crippen LogP contribution in [0.4, 0.5) is 0 Å². The van der Waals surface area contributed by atoms with Gasteiger partial charge in [0.1, 0.15) is 5.75 Å². The lowest BCUT2D eigenvalue weighted by Gasteiger charge is -2.37. The Labute approximate surface area is 183 Å². The highest BCUT2D eigenvalue weighted by atomic mass is 35.5. The topological polar surface area (TPSA) is 83.7 Å². The number of halogens is 1. The van der Waals surface area contributed by atoms with Crippen LogP contribution in [0.1, 0.15) is 25.7 Å². The second kappa shape index (κ2) is 10.2. The average molecular weight is 436 g/mol. The molecule has 0 bridgehead atoms. The predicted octanol–water partition coefficient (Wildman–Crippen LogP) is 2.20. The Balaban J connectivity index is 0.00000256. The van der Waals surface area contributed by atoms with E-state index in [-0.39, 0.29) is 18.3 Å². The summed E-state index contributed by atoms with van der Waals surface area (Å²) in [4.78, 5) is 21.6. The molecule has 1 aromatic heterocycles. The van der Waals surface area contributed by atoms with Crippen molar-refractivity contribution in [3.8, 4) is 17.1 Å². The van der Waals surface area contributed by atoms with E-state index in [0.29, 0.717) is 30.2 Å². The summed E-state index contributed by atoms with van der Waals surface area (Å²) in [5.41, 5.74) is 0.896. The Kier molecular flexibility index (Phi) is 7.69. The molecule has 2 aromatic rings. The highest BCUT2D eigenvalue weighted by Gasteiger charge is 2.30. The lowest BCUT2D eigenvalue weighted by atomic mass is 9.92. The summed E-state index contributed by atoms with van der Waals surface area (Å²) in [5, 5.41) is 7.51. The molecular weight excluding hydrogens is 406 g/mol. The molecule has 3 heterocycles. The van der Waals surface area contributed by atoms with E-state index in [4.69, 9.17) is 9.26 Å². The van der Waals surface area contributed by atoms with Crippen molar-refractivity contribution in [3.63, 3.8) is 0 Å². The van der Waals surface area contributed by atoms with Gasteiger partial charge in [-0.15, -0.1) is 12.4 Å². The summed E-state index contributed by atoms with van der Waals surface area (Å²) in [5.74, 6) is 2.46. The molecule has 1 amide bonds. The second-order valence-electron chi connectivity index (χ2n) is 7.92. The summed E-state index contributed by atoms with van der Waals surface area (Å²) >= 11 is 0. The molecule has 8 nitrogen and oxygen atoms in total. The number of hydrogen-bond acceptors (Lipinski definition) is 7. The molecule has 9 heteroatoms. The van der Waals surface area contributed by atoms with Gasteiger partial charge in [0.2, 0.25) is 17.6 Å². The van der Waals surface area contributed by atoms with E-state index >= 15 is 0 Å². The molecule has 30 heavy (non-hydrogen) atoms. The monoisotopic (exact) mass is 435 g/mol. The smallest absolute Gasteiger partial charge is 0.241 e. The standard InChI is InChI=1S/C21H29N5O3.ClH/c1-15-13-17(7-8-22-15)21(27)26-11-9-25(10-12-26)14-19-23-20(24-29-19)16-3-5-18(28-2)6-4-16;/h3-6,15,17,22H,7-14H2,1-2H3;1H/t15-,17-;/m0./s1. The van der Waals surface area contributed by atoms with Gasteiger partial charge < -0.3 is 19.5 Å². The van der Waals surface area contributed by atoms with E-state index in [2.05, 4.69) is 27.3 Å². The van der Waals surface area contributed by atoms with Gasteiger partial charge in [-0.05, 0) is 50.6 Å². The Morgan fingerprint density at radius 3 is 2.63 bits per heavy atom. The minimum absolute atomic E-state index is 0. The van der Waals surface area contributed by atoms with Gasteiger partial charge >= 0.3 is 0 Å². The van der Waals surface area contributed by atoms with Crippen LogP contribution in [-0.2, 0) is 11.3 Å². The van der Waals surface area contributed by atoms with Crippen molar-refractivity contribution < 1.29 is 14.1 Å². The summed E-state index contributed by atoms with van der Waals surface area (Å²) in [7, 11) is 1.64. The summed E-state index contributed by atoms with van der Waals surface area (Å²) < 4.78 is 10.6. The van der Waals surface area contributed by atoms with Crippen LogP contribution in [0, 0.1) is 5.92 Å². The Morgan fingerprint density at radius 2 is 1.97 bits per heavy atom. The number of piperazine rings is 1. The van der Waals surface area contributed by atoms with Gasteiger partial charge in [-0.2, -0.15) is 4.98 Å². The van der Waals surface area contributed by atoms with E-state index in [1.807, 2.05) is 29.2 Å². The van der Waals surface area contributed by atoms with Crippen molar-refractivity contribution in [2.24, 2.45) is 5.92 Å². The van der Waals surface area contributed by atoms with Crippen LogP contribution in [0.3, 0.4) is 0 Å². The maximum atomic E-state index is 12.8. The zero-order valence-electron chi connectivity index (χ0n) is 17.5. The third-order valence-electron chi connectivity index (χ3n) is 5.83. The number of piperidine rings is 1. The van der Waals surface area contributed by atoms with E-state index in [1.165, 1.54) is 0 Å². The van der Waals surface area contributed by atoms with Crippen molar-refractivity contribution in [2.45, 2.75) is 32.4 Å². The van der Waals surface area contributed by atoms with Crippen LogP contribution >= 0.6 is 12.4 Å². The zero-order chi connectivity index (χ0) is 20.2. The SMILES string of the molecule is COc1ccc(-c2noc(CN3CCN(C(=O)[C@H]4CCN[C@@H](C)C4)CC3)n2)cc1.Cl. The van der Waals surface area contributed by atoms with E-state index in [9.17, 15) is 4.79 Å². The quantitative estimate of drug-likeness (QED) is 0.770. The van der Waals surface area contributed by atoms with E-state index in [1.54, 1.807) is 7.11 Å². The summed E-state index contributed by atoms with van der Waals surface area (Å²) in [6.45, 7) is 6.87. The van der Waals surface area contributed by atoms with Gasteiger partial charge in [-0.3, -0.25) is 9.69 Å². The van der Waals surface area contributed by atoms with Crippen molar-refractivity contribution >= 4 is 18.3 Å². The normalized spacial score (nSPS) is 22.4. The van der Waals surface area contributed by atoms with E-state index in [0.717, 1.165) is 56.9 Å². The minimum atomic E-state index is 0. The van der Waals surface area contributed by atoms with Crippen molar-refractivity contribution in [2.75, 3.05) is 39.8 Å². The maximum Gasteiger partial charge on any atom is 0.241 e. The highest BCUT2D eigenvalue weighted by molar-refractivity contribution is 5.85. The molecule has 2 aliphatic heterocycles. The number of ether oxygens (including phenoxy) is 1. The second-order valence-corrected chi connectivity index (χ2v) is 7.92. The van der Waals surface area contributed by atoms with Gasteiger partial charge in [-0.1, -0.05) is 5.16 Å². The molecule has 2 atom stereocenters. The Morgan fingerprint density at radius 1 is 1.23 bits per heavy atom. The number of carbonyl (C=O) groups excluding carboxylic acids is 1. The molecular formula is C21H30ClN5O3. The molecule has 0 spiro atoms. The number of carbonyl (C=O) groups is 1. The number of hydrogen-bond donors (Lipinski definition) is 1. The number of benzene rings is 1.